The van der Waals surface area contributed by atoms with E-state index in [9.17, 15) is 4.39 Å². The lowest BCUT2D eigenvalue weighted by Gasteiger charge is -2.00. The van der Waals surface area contributed by atoms with Crippen LogP contribution in [-0.4, -0.2) is 7.85 Å². The highest BCUT2D eigenvalue weighted by Gasteiger charge is 1.94. The number of rotatable bonds is 1. The fourth-order valence-electron chi connectivity index (χ4n) is 0.836. The molecule has 0 unspecified atom stereocenters. The van der Waals surface area contributed by atoms with Crippen LogP contribution in [0.5, 0.6) is 0 Å². The molecule has 0 aliphatic heterocycles. The van der Waals surface area contributed by atoms with E-state index in [1.807, 2.05) is 13.0 Å². The minimum absolute atomic E-state index is 0.480. The van der Waals surface area contributed by atoms with Crippen molar-refractivity contribution in [2.75, 3.05) is 0 Å². The molecule has 1 rings (SSSR count). The predicted octanol–water partition coefficient (Wildman–Crippen LogP) is 1.26. The molecule has 0 N–H and O–H groups in total. The van der Waals surface area contributed by atoms with Gasteiger partial charge in [-0.3, -0.25) is 0 Å². The Labute approximate surface area is 61.5 Å². The van der Waals surface area contributed by atoms with Gasteiger partial charge in [0.2, 0.25) is 0 Å². The fraction of sp³-hybridized carbons (Fsp3) is 0.250. The number of hydrogen-bond donors (Lipinski definition) is 0. The van der Waals surface area contributed by atoms with Gasteiger partial charge in [-0.1, -0.05) is 29.2 Å². The molecule has 0 atom stereocenters. The van der Waals surface area contributed by atoms with Gasteiger partial charge in [-0.15, -0.1) is 0 Å². The standard InChI is InChI=1S/C8H8BF/c1-6-2-3-7(5-10)8(9)4-6/h2-4H,5H2,1H3. The van der Waals surface area contributed by atoms with E-state index in [-0.39, 0.29) is 0 Å². The van der Waals surface area contributed by atoms with Gasteiger partial charge in [-0.25, -0.2) is 4.39 Å². The van der Waals surface area contributed by atoms with Crippen LogP contribution >= 0.6 is 0 Å². The first-order valence-corrected chi connectivity index (χ1v) is 3.15. The van der Waals surface area contributed by atoms with Crippen molar-refractivity contribution in [3.63, 3.8) is 0 Å². The molecule has 2 heteroatoms. The average molecular weight is 134 g/mol. The molecule has 10 heavy (non-hydrogen) atoms. The Kier molecular flexibility index (Phi) is 2.10. The molecule has 1 aromatic rings. The van der Waals surface area contributed by atoms with Crippen LogP contribution < -0.4 is 5.46 Å². The third-order valence-corrected chi connectivity index (χ3v) is 1.45. The highest BCUT2D eigenvalue weighted by Crippen LogP contribution is 2.00. The van der Waals surface area contributed by atoms with Gasteiger partial charge in [-0.2, -0.15) is 0 Å². The molecule has 0 spiro atoms. The van der Waals surface area contributed by atoms with Gasteiger partial charge >= 0.3 is 0 Å². The van der Waals surface area contributed by atoms with Crippen molar-refractivity contribution in [1.29, 1.82) is 0 Å². The summed E-state index contributed by atoms with van der Waals surface area (Å²) in [5.74, 6) is 0. The normalized spacial score (nSPS) is 9.80. The minimum Gasteiger partial charge on any atom is -0.246 e. The van der Waals surface area contributed by atoms with Crippen LogP contribution in [0.25, 0.3) is 0 Å². The average Bonchev–Trinajstić information content (AvgIpc) is 1.88. The second-order valence-corrected chi connectivity index (χ2v) is 2.34. The zero-order valence-electron chi connectivity index (χ0n) is 5.89. The Morgan fingerprint density at radius 2 is 2.20 bits per heavy atom. The second-order valence-electron chi connectivity index (χ2n) is 2.34. The van der Waals surface area contributed by atoms with Crippen molar-refractivity contribution in [3.8, 4) is 0 Å². The highest BCUT2D eigenvalue weighted by molar-refractivity contribution is 6.33. The lowest BCUT2D eigenvalue weighted by Crippen LogP contribution is -2.08. The van der Waals surface area contributed by atoms with E-state index in [2.05, 4.69) is 0 Å². The molecular weight excluding hydrogens is 126 g/mol. The van der Waals surface area contributed by atoms with Crippen molar-refractivity contribution < 1.29 is 4.39 Å². The van der Waals surface area contributed by atoms with Gasteiger partial charge in [0, 0.05) is 0 Å². The summed E-state index contributed by atoms with van der Waals surface area (Å²) in [5.41, 5.74) is 2.18. The lowest BCUT2D eigenvalue weighted by molar-refractivity contribution is 0.487. The largest absolute Gasteiger partial charge is 0.246 e. The molecule has 50 valence electrons. The molecular formula is C8H8BF. The molecule has 0 amide bonds. The predicted molar refractivity (Wildman–Crippen MR) is 41.4 cm³/mol. The molecule has 0 aliphatic rings. The van der Waals surface area contributed by atoms with Crippen LogP contribution in [0, 0.1) is 6.92 Å². The first kappa shape index (κ1) is 7.32. The molecule has 0 saturated carbocycles. The van der Waals surface area contributed by atoms with Crippen molar-refractivity contribution >= 4 is 13.3 Å². The Balaban J connectivity index is 3.07. The quantitative estimate of drug-likeness (QED) is 0.507. The number of hydrogen-bond acceptors (Lipinski definition) is 0. The topological polar surface area (TPSA) is 0 Å². The van der Waals surface area contributed by atoms with E-state index in [0.29, 0.717) is 11.0 Å². The van der Waals surface area contributed by atoms with Crippen LogP contribution in [0.2, 0.25) is 0 Å². The lowest BCUT2D eigenvalue weighted by atomic mass is 9.90. The number of alkyl halides is 1. The van der Waals surface area contributed by atoms with E-state index in [1.54, 1.807) is 12.1 Å². The first-order chi connectivity index (χ1) is 4.74. The maximum absolute atomic E-state index is 12.0. The van der Waals surface area contributed by atoms with Gasteiger partial charge in [0.25, 0.3) is 0 Å². The zero-order chi connectivity index (χ0) is 7.56. The Morgan fingerprint density at radius 3 is 2.70 bits per heavy atom. The van der Waals surface area contributed by atoms with E-state index in [1.165, 1.54) is 0 Å². The first-order valence-electron chi connectivity index (χ1n) is 3.15. The van der Waals surface area contributed by atoms with Crippen molar-refractivity contribution in [2.45, 2.75) is 13.6 Å². The molecule has 0 saturated heterocycles. The molecule has 0 bridgehead atoms. The number of aryl methyl sites for hydroxylation is 1. The summed E-state index contributed by atoms with van der Waals surface area (Å²) in [4.78, 5) is 0. The molecule has 0 fully saturated rings. The van der Waals surface area contributed by atoms with Crippen molar-refractivity contribution in [1.82, 2.24) is 0 Å². The maximum Gasteiger partial charge on any atom is 0.114 e. The molecule has 0 nitrogen and oxygen atoms in total. The van der Waals surface area contributed by atoms with Gasteiger partial charge in [-0.05, 0) is 12.5 Å². The maximum atomic E-state index is 12.0. The smallest absolute Gasteiger partial charge is 0.114 e. The molecule has 0 aromatic heterocycles. The van der Waals surface area contributed by atoms with Crippen molar-refractivity contribution in [3.05, 3.63) is 29.3 Å². The van der Waals surface area contributed by atoms with E-state index in [4.69, 9.17) is 7.85 Å². The van der Waals surface area contributed by atoms with Crippen LogP contribution in [0.4, 0.5) is 4.39 Å². The van der Waals surface area contributed by atoms with Gasteiger partial charge in [0.15, 0.2) is 0 Å². The molecule has 0 aliphatic carbocycles. The van der Waals surface area contributed by atoms with Crippen LogP contribution in [0.15, 0.2) is 18.2 Å². The number of halogens is 1. The molecule has 0 heterocycles. The number of benzene rings is 1. The van der Waals surface area contributed by atoms with Crippen LogP contribution in [0.1, 0.15) is 11.1 Å². The monoisotopic (exact) mass is 134 g/mol. The summed E-state index contributed by atoms with van der Waals surface area (Å²) in [6.07, 6.45) is 0. The van der Waals surface area contributed by atoms with Crippen LogP contribution in [0.3, 0.4) is 0 Å². The second kappa shape index (κ2) is 2.87. The van der Waals surface area contributed by atoms with E-state index >= 15 is 0 Å². The molecule has 1 aromatic carbocycles. The van der Waals surface area contributed by atoms with E-state index in [0.717, 1.165) is 5.56 Å². The molecule has 2 radical (unpaired) electrons. The van der Waals surface area contributed by atoms with Crippen LogP contribution in [-0.2, 0) is 6.67 Å². The SMILES string of the molecule is [B]c1cc(C)ccc1CF. The van der Waals surface area contributed by atoms with Crippen molar-refractivity contribution in [2.24, 2.45) is 0 Å². The Morgan fingerprint density at radius 1 is 1.50 bits per heavy atom. The summed E-state index contributed by atoms with van der Waals surface area (Å²) >= 11 is 0. The van der Waals surface area contributed by atoms with Gasteiger partial charge in [0.05, 0.1) is 0 Å². The van der Waals surface area contributed by atoms with Gasteiger partial charge < -0.3 is 0 Å². The Hall–Kier alpha value is -0.785. The third-order valence-electron chi connectivity index (χ3n) is 1.45. The van der Waals surface area contributed by atoms with E-state index < -0.39 is 6.67 Å². The third kappa shape index (κ3) is 1.38. The fourth-order valence-corrected chi connectivity index (χ4v) is 0.836. The summed E-state index contributed by atoms with van der Waals surface area (Å²) < 4.78 is 12.0. The summed E-state index contributed by atoms with van der Waals surface area (Å²) in [7, 11) is 5.49. The Bertz CT molecular complexity index is 233. The minimum atomic E-state index is -0.480. The summed E-state index contributed by atoms with van der Waals surface area (Å²) in [6, 6.07) is 5.34. The summed E-state index contributed by atoms with van der Waals surface area (Å²) in [6.45, 7) is 1.45. The summed E-state index contributed by atoms with van der Waals surface area (Å²) in [5, 5.41) is 0. The highest BCUT2D eigenvalue weighted by atomic mass is 19.1. The zero-order valence-corrected chi connectivity index (χ0v) is 5.89. The van der Waals surface area contributed by atoms with Gasteiger partial charge in [0.1, 0.15) is 14.5 Å².